The summed E-state index contributed by atoms with van der Waals surface area (Å²) in [5.74, 6) is 0. The van der Waals surface area contributed by atoms with Gasteiger partial charge < -0.3 is 5.11 Å². The second-order valence-corrected chi connectivity index (χ2v) is 4.78. The van der Waals surface area contributed by atoms with E-state index in [0.29, 0.717) is 11.4 Å². The van der Waals surface area contributed by atoms with Crippen molar-refractivity contribution in [3.63, 3.8) is 0 Å². The van der Waals surface area contributed by atoms with E-state index in [0.717, 1.165) is 22.0 Å². The van der Waals surface area contributed by atoms with Crippen molar-refractivity contribution < 1.29 is 5.11 Å². The van der Waals surface area contributed by atoms with Gasteiger partial charge in [-0.25, -0.2) is 0 Å². The maximum atomic E-state index is 9.98. The summed E-state index contributed by atoms with van der Waals surface area (Å²) in [7, 11) is 0. The average molecular weight is 290 g/mol. The van der Waals surface area contributed by atoms with E-state index in [1.54, 1.807) is 12.1 Å². The number of aliphatic hydroxyl groups is 1. The fourth-order valence-corrected chi connectivity index (χ4v) is 1.99. The minimum atomic E-state index is -0.537. The number of benzene rings is 1. The van der Waals surface area contributed by atoms with E-state index in [4.69, 9.17) is 11.6 Å². The van der Waals surface area contributed by atoms with Crippen LogP contribution in [0.4, 0.5) is 0 Å². The highest BCUT2D eigenvalue weighted by Gasteiger charge is 2.12. The lowest BCUT2D eigenvalue weighted by atomic mass is 10.0. The van der Waals surface area contributed by atoms with Crippen molar-refractivity contribution in [1.29, 1.82) is 0 Å². The highest BCUT2D eigenvalue weighted by molar-refractivity contribution is 9.10. The zero-order valence-corrected chi connectivity index (χ0v) is 11.0. The number of hydrogen-bond acceptors (Lipinski definition) is 1. The molecule has 0 aliphatic carbocycles. The summed E-state index contributed by atoms with van der Waals surface area (Å²) in [5.41, 5.74) is 1.85. The molecule has 1 aromatic carbocycles. The lowest BCUT2D eigenvalue weighted by molar-refractivity contribution is 0.177. The van der Waals surface area contributed by atoms with Gasteiger partial charge in [0.15, 0.2) is 0 Å². The summed E-state index contributed by atoms with van der Waals surface area (Å²) in [6, 6.07) is 5.41. The smallest absolute Gasteiger partial charge is 0.0838 e. The van der Waals surface area contributed by atoms with Crippen LogP contribution in [0, 0.1) is 0 Å². The standard InChI is InChI=1S/C12H14BrClO/c1-3-8(2)6-12(15)10-7-9(14)4-5-11(10)13/h4-5,7,12,15H,2-3,6H2,1H3. The van der Waals surface area contributed by atoms with Crippen molar-refractivity contribution in [1.82, 2.24) is 0 Å². The molecule has 15 heavy (non-hydrogen) atoms. The molecule has 0 bridgehead atoms. The number of aliphatic hydroxyl groups excluding tert-OH is 1. The molecule has 0 aliphatic rings. The summed E-state index contributed by atoms with van der Waals surface area (Å²) in [5, 5.41) is 10.6. The van der Waals surface area contributed by atoms with E-state index in [-0.39, 0.29) is 0 Å². The van der Waals surface area contributed by atoms with Gasteiger partial charge in [0.05, 0.1) is 6.10 Å². The van der Waals surface area contributed by atoms with Crippen LogP contribution < -0.4 is 0 Å². The Labute approximate surface area is 104 Å². The molecule has 1 N–H and O–H groups in total. The Morgan fingerprint density at radius 3 is 2.87 bits per heavy atom. The third-order valence-electron chi connectivity index (χ3n) is 2.30. The summed E-state index contributed by atoms with van der Waals surface area (Å²) in [6.07, 6.45) is 0.926. The molecule has 1 rings (SSSR count). The SMILES string of the molecule is C=C(CC)CC(O)c1cc(Cl)ccc1Br. The number of hydrogen-bond donors (Lipinski definition) is 1. The number of halogens is 2. The first kappa shape index (κ1) is 12.8. The molecule has 0 radical (unpaired) electrons. The maximum absolute atomic E-state index is 9.98. The predicted molar refractivity (Wildman–Crippen MR) is 68.2 cm³/mol. The summed E-state index contributed by atoms with van der Waals surface area (Å²) in [4.78, 5) is 0. The molecule has 1 aromatic rings. The Morgan fingerprint density at radius 1 is 1.60 bits per heavy atom. The van der Waals surface area contributed by atoms with Crippen LogP contribution in [0.15, 0.2) is 34.8 Å². The Balaban J connectivity index is 2.85. The quantitative estimate of drug-likeness (QED) is 0.810. The van der Waals surface area contributed by atoms with Gasteiger partial charge in [-0.1, -0.05) is 46.6 Å². The van der Waals surface area contributed by atoms with E-state index in [1.807, 2.05) is 13.0 Å². The van der Waals surface area contributed by atoms with Gasteiger partial charge in [0, 0.05) is 9.50 Å². The summed E-state index contributed by atoms with van der Waals surface area (Å²) < 4.78 is 0.878. The van der Waals surface area contributed by atoms with Gasteiger partial charge in [-0.15, -0.1) is 0 Å². The van der Waals surface area contributed by atoms with Gasteiger partial charge in [0.25, 0.3) is 0 Å². The minimum absolute atomic E-state index is 0.537. The predicted octanol–water partition coefficient (Wildman–Crippen LogP) is 4.49. The fourth-order valence-electron chi connectivity index (χ4n) is 1.30. The summed E-state index contributed by atoms with van der Waals surface area (Å²) >= 11 is 9.27. The van der Waals surface area contributed by atoms with Gasteiger partial charge in [-0.3, -0.25) is 0 Å². The van der Waals surface area contributed by atoms with Crippen LogP contribution in [0.3, 0.4) is 0 Å². The first-order chi connectivity index (χ1) is 7.04. The van der Waals surface area contributed by atoms with E-state index in [9.17, 15) is 5.11 Å². The molecular weight excluding hydrogens is 275 g/mol. The molecule has 1 atom stereocenters. The van der Waals surface area contributed by atoms with Gasteiger partial charge in [-0.05, 0) is 36.6 Å². The zero-order valence-electron chi connectivity index (χ0n) is 8.63. The molecule has 1 nitrogen and oxygen atoms in total. The van der Waals surface area contributed by atoms with Crippen LogP contribution in [-0.4, -0.2) is 5.11 Å². The van der Waals surface area contributed by atoms with Crippen LogP contribution in [0.1, 0.15) is 31.4 Å². The van der Waals surface area contributed by atoms with Crippen molar-refractivity contribution in [3.05, 3.63) is 45.4 Å². The van der Waals surface area contributed by atoms with E-state index in [1.165, 1.54) is 0 Å². The zero-order chi connectivity index (χ0) is 11.4. The van der Waals surface area contributed by atoms with Crippen LogP contribution in [0.5, 0.6) is 0 Å². The average Bonchev–Trinajstić information content (AvgIpc) is 2.21. The highest BCUT2D eigenvalue weighted by atomic mass is 79.9. The van der Waals surface area contributed by atoms with Gasteiger partial charge in [0.2, 0.25) is 0 Å². The van der Waals surface area contributed by atoms with Crippen molar-refractivity contribution in [2.24, 2.45) is 0 Å². The van der Waals surface area contributed by atoms with Crippen molar-refractivity contribution in [2.45, 2.75) is 25.9 Å². The first-order valence-electron chi connectivity index (χ1n) is 4.84. The molecule has 0 heterocycles. The highest BCUT2D eigenvalue weighted by Crippen LogP contribution is 2.30. The molecule has 0 spiro atoms. The van der Waals surface area contributed by atoms with Crippen LogP contribution >= 0.6 is 27.5 Å². The largest absolute Gasteiger partial charge is 0.388 e. The topological polar surface area (TPSA) is 20.2 Å². The Morgan fingerprint density at radius 2 is 2.27 bits per heavy atom. The van der Waals surface area contributed by atoms with Gasteiger partial charge >= 0.3 is 0 Å². The van der Waals surface area contributed by atoms with Gasteiger partial charge in [-0.2, -0.15) is 0 Å². The molecule has 0 amide bonds. The van der Waals surface area contributed by atoms with Gasteiger partial charge in [0.1, 0.15) is 0 Å². The summed E-state index contributed by atoms with van der Waals surface area (Å²) in [6.45, 7) is 5.91. The molecule has 0 saturated heterocycles. The van der Waals surface area contributed by atoms with E-state index >= 15 is 0 Å². The van der Waals surface area contributed by atoms with E-state index in [2.05, 4.69) is 22.5 Å². The Hall–Kier alpha value is -0.310. The third kappa shape index (κ3) is 3.63. The normalized spacial score (nSPS) is 12.5. The Kier molecular flexibility index (Phi) is 4.84. The second-order valence-electron chi connectivity index (χ2n) is 3.49. The molecule has 0 aliphatic heterocycles. The fraction of sp³-hybridized carbons (Fsp3) is 0.333. The van der Waals surface area contributed by atoms with Crippen LogP contribution in [-0.2, 0) is 0 Å². The number of rotatable bonds is 4. The molecular formula is C12H14BrClO. The molecule has 1 unspecified atom stereocenters. The molecule has 0 aromatic heterocycles. The van der Waals surface area contributed by atoms with Crippen LogP contribution in [0.2, 0.25) is 5.02 Å². The monoisotopic (exact) mass is 288 g/mol. The molecule has 0 fully saturated rings. The van der Waals surface area contributed by atoms with Crippen molar-refractivity contribution in [2.75, 3.05) is 0 Å². The second kappa shape index (κ2) is 5.69. The Bertz CT molecular complexity index is 363. The lowest BCUT2D eigenvalue weighted by Gasteiger charge is -2.14. The van der Waals surface area contributed by atoms with Crippen LogP contribution in [0.25, 0.3) is 0 Å². The lowest BCUT2D eigenvalue weighted by Crippen LogP contribution is -1.99. The first-order valence-corrected chi connectivity index (χ1v) is 6.01. The third-order valence-corrected chi connectivity index (χ3v) is 3.26. The molecule has 3 heteroatoms. The van der Waals surface area contributed by atoms with Crippen molar-refractivity contribution >= 4 is 27.5 Å². The minimum Gasteiger partial charge on any atom is -0.388 e. The molecule has 82 valence electrons. The maximum Gasteiger partial charge on any atom is 0.0838 e. The van der Waals surface area contributed by atoms with E-state index < -0.39 is 6.10 Å². The molecule has 0 saturated carbocycles. The van der Waals surface area contributed by atoms with Crippen molar-refractivity contribution in [3.8, 4) is 0 Å².